The molecule has 3 rings (SSSR count). The lowest BCUT2D eigenvalue weighted by Gasteiger charge is -2.03. The Kier molecular flexibility index (Phi) is 4.88. The Morgan fingerprint density at radius 3 is 2.64 bits per heavy atom. The van der Waals surface area contributed by atoms with Gasteiger partial charge in [0.05, 0.1) is 11.0 Å². The Bertz CT molecular complexity index is 930. The Labute approximate surface area is 143 Å². The van der Waals surface area contributed by atoms with Gasteiger partial charge in [-0.3, -0.25) is 4.79 Å². The van der Waals surface area contributed by atoms with Crippen LogP contribution in [0.4, 0.5) is 8.78 Å². The third kappa shape index (κ3) is 4.09. The van der Waals surface area contributed by atoms with Gasteiger partial charge in [0.15, 0.2) is 0 Å². The van der Waals surface area contributed by atoms with E-state index in [1.807, 2.05) is 11.6 Å². The fourth-order valence-corrected chi connectivity index (χ4v) is 2.55. The molecule has 25 heavy (non-hydrogen) atoms. The number of carbonyl (C=O) groups excluding carboxylic acids is 1. The predicted octanol–water partition coefficient (Wildman–Crippen LogP) is 3.22. The maximum atomic E-state index is 13.2. The first kappa shape index (κ1) is 16.8. The number of imidazole rings is 1. The molecule has 0 aliphatic heterocycles. The number of hydrogen-bond donors (Lipinski definition) is 1. The van der Waals surface area contributed by atoms with E-state index in [1.54, 1.807) is 24.3 Å². The maximum absolute atomic E-state index is 13.2. The number of benzene rings is 2. The number of aryl methyl sites for hydroxylation is 1. The maximum Gasteiger partial charge on any atom is 0.244 e. The molecule has 2 aromatic carbocycles. The summed E-state index contributed by atoms with van der Waals surface area (Å²) < 4.78 is 27.9. The fraction of sp³-hybridized carbons (Fsp3) is 0.158. The lowest BCUT2D eigenvalue weighted by Crippen LogP contribution is -2.24. The molecule has 0 atom stereocenters. The summed E-state index contributed by atoms with van der Waals surface area (Å²) in [6, 6.07) is 10.3. The van der Waals surface area contributed by atoms with E-state index in [4.69, 9.17) is 0 Å². The Balaban J connectivity index is 1.56. The number of aromatic nitrogens is 2. The summed E-state index contributed by atoms with van der Waals surface area (Å²) in [6.07, 6.45) is 3.55. The zero-order valence-electron chi connectivity index (χ0n) is 13.7. The average Bonchev–Trinajstić information content (AvgIpc) is 2.90. The van der Waals surface area contributed by atoms with Crippen molar-refractivity contribution in [2.75, 3.05) is 6.54 Å². The molecule has 128 valence electrons. The van der Waals surface area contributed by atoms with Crippen molar-refractivity contribution in [3.63, 3.8) is 0 Å². The van der Waals surface area contributed by atoms with Crippen LogP contribution in [0.3, 0.4) is 0 Å². The van der Waals surface area contributed by atoms with Crippen molar-refractivity contribution >= 4 is 23.0 Å². The van der Waals surface area contributed by atoms with Crippen LogP contribution in [0.2, 0.25) is 0 Å². The van der Waals surface area contributed by atoms with Gasteiger partial charge >= 0.3 is 0 Å². The number of fused-ring (bicyclic) bond motifs is 1. The summed E-state index contributed by atoms with van der Waals surface area (Å²) in [5, 5.41) is 2.77. The number of nitrogens with zero attached hydrogens (tertiary/aromatic N) is 2. The number of rotatable bonds is 5. The van der Waals surface area contributed by atoms with Crippen LogP contribution in [0.15, 0.2) is 48.5 Å². The molecule has 1 aromatic heterocycles. The molecule has 1 N–H and O–H groups in total. The highest BCUT2D eigenvalue weighted by Crippen LogP contribution is 2.16. The molecule has 0 unspecified atom stereocenters. The van der Waals surface area contributed by atoms with Crippen molar-refractivity contribution in [3.8, 4) is 0 Å². The summed E-state index contributed by atoms with van der Waals surface area (Å²) in [6.45, 7) is 0.409. The summed E-state index contributed by atoms with van der Waals surface area (Å²) in [4.78, 5) is 16.2. The Morgan fingerprint density at radius 1 is 1.16 bits per heavy atom. The molecule has 3 aromatic rings. The number of halogens is 2. The minimum absolute atomic E-state index is 0.242. The molecule has 0 spiro atoms. The van der Waals surface area contributed by atoms with Gasteiger partial charge in [-0.05, 0) is 35.9 Å². The minimum Gasteiger partial charge on any atom is -0.352 e. The summed E-state index contributed by atoms with van der Waals surface area (Å²) in [5.74, 6) is -0.113. The van der Waals surface area contributed by atoms with Crippen LogP contribution < -0.4 is 5.32 Å². The summed E-state index contributed by atoms with van der Waals surface area (Å²) >= 11 is 0. The quantitative estimate of drug-likeness (QED) is 0.724. The van der Waals surface area contributed by atoms with Gasteiger partial charge in [0, 0.05) is 32.2 Å². The van der Waals surface area contributed by atoms with Crippen molar-refractivity contribution in [1.82, 2.24) is 14.9 Å². The van der Waals surface area contributed by atoms with Gasteiger partial charge in [-0.2, -0.15) is 0 Å². The van der Waals surface area contributed by atoms with Gasteiger partial charge in [0.2, 0.25) is 5.91 Å². The van der Waals surface area contributed by atoms with Crippen LogP contribution in [0.1, 0.15) is 11.4 Å². The van der Waals surface area contributed by atoms with Gasteiger partial charge in [0.25, 0.3) is 0 Å². The molecule has 0 radical (unpaired) electrons. The second-order valence-corrected chi connectivity index (χ2v) is 5.65. The summed E-state index contributed by atoms with van der Waals surface area (Å²) in [5.41, 5.74) is 2.19. The second-order valence-electron chi connectivity index (χ2n) is 5.65. The Morgan fingerprint density at radius 2 is 1.88 bits per heavy atom. The van der Waals surface area contributed by atoms with Crippen molar-refractivity contribution in [3.05, 3.63) is 71.6 Å². The molecule has 0 saturated carbocycles. The number of hydrogen-bond acceptors (Lipinski definition) is 2. The molecular weight excluding hydrogens is 324 g/mol. The SMILES string of the molecule is Cn1c(CCNC(=O)/C=C/c2ccc(F)cc2)nc2cc(F)ccc21. The van der Waals surface area contributed by atoms with E-state index < -0.39 is 0 Å². The number of nitrogens with one attached hydrogen (secondary N) is 1. The smallest absolute Gasteiger partial charge is 0.244 e. The van der Waals surface area contributed by atoms with Crippen LogP contribution in [0, 0.1) is 11.6 Å². The van der Waals surface area contributed by atoms with E-state index >= 15 is 0 Å². The molecule has 0 fully saturated rings. The molecule has 0 aliphatic carbocycles. The van der Waals surface area contributed by atoms with E-state index in [-0.39, 0.29) is 17.5 Å². The largest absolute Gasteiger partial charge is 0.352 e. The predicted molar refractivity (Wildman–Crippen MR) is 92.8 cm³/mol. The molecule has 1 amide bonds. The number of carbonyl (C=O) groups is 1. The molecule has 0 aliphatic rings. The first-order valence-electron chi connectivity index (χ1n) is 7.85. The minimum atomic E-state index is -0.323. The molecule has 1 heterocycles. The van der Waals surface area contributed by atoms with Crippen molar-refractivity contribution in [2.45, 2.75) is 6.42 Å². The third-order valence-electron chi connectivity index (χ3n) is 3.88. The first-order chi connectivity index (χ1) is 12.0. The second kappa shape index (κ2) is 7.25. The topological polar surface area (TPSA) is 46.9 Å². The van der Waals surface area contributed by atoms with Crippen LogP contribution in [-0.2, 0) is 18.3 Å². The van der Waals surface area contributed by atoms with E-state index in [1.165, 1.54) is 30.3 Å². The zero-order chi connectivity index (χ0) is 17.8. The van der Waals surface area contributed by atoms with Gasteiger partial charge < -0.3 is 9.88 Å². The van der Waals surface area contributed by atoms with E-state index in [2.05, 4.69) is 10.3 Å². The highest BCUT2D eigenvalue weighted by molar-refractivity contribution is 5.91. The van der Waals surface area contributed by atoms with E-state index in [0.29, 0.717) is 18.5 Å². The Hall–Kier alpha value is -3.02. The van der Waals surface area contributed by atoms with Crippen LogP contribution in [0.25, 0.3) is 17.1 Å². The molecular formula is C19H17F2N3O. The normalized spacial score (nSPS) is 11.3. The molecule has 0 bridgehead atoms. The average molecular weight is 341 g/mol. The lowest BCUT2D eigenvalue weighted by atomic mass is 10.2. The first-order valence-corrected chi connectivity index (χ1v) is 7.85. The van der Waals surface area contributed by atoms with E-state index in [9.17, 15) is 13.6 Å². The van der Waals surface area contributed by atoms with Crippen molar-refractivity contribution in [2.24, 2.45) is 7.05 Å². The van der Waals surface area contributed by atoms with Crippen LogP contribution in [-0.4, -0.2) is 22.0 Å². The molecule has 6 heteroatoms. The van der Waals surface area contributed by atoms with Crippen LogP contribution in [0.5, 0.6) is 0 Å². The van der Waals surface area contributed by atoms with Gasteiger partial charge in [-0.25, -0.2) is 13.8 Å². The van der Waals surface area contributed by atoms with Gasteiger partial charge in [-0.1, -0.05) is 12.1 Å². The molecule has 4 nitrogen and oxygen atoms in total. The van der Waals surface area contributed by atoms with Crippen molar-refractivity contribution < 1.29 is 13.6 Å². The summed E-state index contributed by atoms with van der Waals surface area (Å²) in [7, 11) is 1.86. The van der Waals surface area contributed by atoms with E-state index in [0.717, 1.165) is 16.9 Å². The third-order valence-corrected chi connectivity index (χ3v) is 3.88. The fourth-order valence-electron chi connectivity index (χ4n) is 2.55. The highest BCUT2D eigenvalue weighted by atomic mass is 19.1. The monoisotopic (exact) mass is 341 g/mol. The van der Waals surface area contributed by atoms with Gasteiger partial charge in [0.1, 0.15) is 17.5 Å². The standard InChI is InChI=1S/C19H17F2N3O/c1-24-17-8-7-15(21)12-16(17)23-18(24)10-11-22-19(25)9-4-13-2-5-14(20)6-3-13/h2-9,12H,10-11H2,1H3,(H,22,25)/b9-4+. The van der Waals surface area contributed by atoms with Crippen LogP contribution >= 0.6 is 0 Å². The van der Waals surface area contributed by atoms with Crippen molar-refractivity contribution in [1.29, 1.82) is 0 Å². The lowest BCUT2D eigenvalue weighted by molar-refractivity contribution is -0.116. The highest BCUT2D eigenvalue weighted by Gasteiger charge is 2.08. The number of amides is 1. The van der Waals surface area contributed by atoms with Gasteiger partial charge in [-0.15, -0.1) is 0 Å². The zero-order valence-corrected chi connectivity index (χ0v) is 13.7. The molecule has 0 saturated heterocycles.